The van der Waals surface area contributed by atoms with Crippen molar-refractivity contribution in [3.8, 4) is 17.1 Å². The highest BCUT2D eigenvalue weighted by Crippen LogP contribution is 2.45. The van der Waals surface area contributed by atoms with E-state index in [9.17, 15) is 4.79 Å². The Morgan fingerprint density at radius 2 is 1.98 bits per heavy atom. The van der Waals surface area contributed by atoms with Crippen molar-refractivity contribution in [1.29, 1.82) is 0 Å². The predicted molar refractivity (Wildman–Crippen MR) is 164 cm³/mol. The number of thiazole rings is 1. The van der Waals surface area contributed by atoms with Gasteiger partial charge in [0.2, 0.25) is 0 Å². The van der Waals surface area contributed by atoms with Gasteiger partial charge in [-0.05, 0) is 51.4 Å². The Balaban J connectivity index is 1.29. The minimum absolute atomic E-state index is 0.0604. The zero-order valence-electron chi connectivity index (χ0n) is 23.3. The molecule has 2 aromatic carbocycles. The molecule has 2 amide bonds. The number of rotatable bonds is 5. The maximum absolute atomic E-state index is 16.6. The maximum Gasteiger partial charge on any atom is 0.319 e. The van der Waals surface area contributed by atoms with E-state index in [2.05, 4.69) is 26.8 Å². The molecule has 42 heavy (non-hydrogen) atoms. The van der Waals surface area contributed by atoms with Crippen molar-refractivity contribution in [2.75, 3.05) is 57.0 Å². The number of nitrogen functional groups attached to an aromatic ring is 1. The number of para-hydroxylation sites is 1. The second kappa shape index (κ2) is 10.4. The Morgan fingerprint density at radius 1 is 1.19 bits per heavy atom. The Labute approximate surface area is 251 Å². The van der Waals surface area contributed by atoms with E-state index >= 15 is 4.39 Å². The molecule has 4 aromatic rings. The Bertz CT molecular complexity index is 1700. The molecule has 220 valence electrons. The van der Waals surface area contributed by atoms with Crippen LogP contribution in [0.5, 0.6) is 6.01 Å². The molecule has 3 fully saturated rings. The number of hydrogen-bond acceptors (Lipinski definition) is 9. The van der Waals surface area contributed by atoms with Crippen molar-refractivity contribution in [2.45, 2.75) is 31.7 Å². The predicted octanol–water partition coefficient (Wildman–Crippen LogP) is 4.74. The Kier molecular flexibility index (Phi) is 6.74. The van der Waals surface area contributed by atoms with E-state index in [1.54, 1.807) is 17.0 Å². The maximum atomic E-state index is 16.6. The Morgan fingerprint density at radius 3 is 2.69 bits per heavy atom. The molecule has 0 bridgehead atoms. The molecule has 3 aliphatic rings. The van der Waals surface area contributed by atoms with Gasteiger partial charge >= 0.3 is 12.0 Å². The van der Waals surface area contributed by atoms with Crippen LogP contribution in [0.4, 0.5) is 20.1 Å². The van der Waals surface area contributed by atoms with E-state index in [0.717, 1.165) is 36.9 Å². The van der Waals surface area contributed by atoms with Gasteiger partial charge in [0.1, 0.15) is 17.9 Å². The van der Waals surface area contributed by atoms with Crippen LogP contribution in [0.1, 0.15) is 25.7 Å². The fraction of sp³-hybridized carbons (Fsp3) is 0.448. The van der Waals surface area contributed by atoms with Crippen molar-refractivity contribution >= 4 is 61.0 Å². The van der Waals surface area contributed by atoms with Crippen LogP contribution in [-0.4, -0.2) is 83.2 Å². The number of aromatic nitrogens is 3. The van der Waals surface area contributed by atoms with Crippen molar-refractivity contribution in [2.24, 2.45) is 11.1 Å². The molecule has 1 unspecified atom stereocenters. The largest absolute Gasteiger partial charge is 0.462 e. The topological polar surface area (TPSA) is 127 Å². The highest BCUT2D eigenvalue weighted by molar-refractivity contribution is 7.22. The third-order valence-corrected chi connectivity index (χ3v) is 10.3. The van der Waals surface area contributed by atoms with Crippen LogP contribution in [0.15, 0.2) is 24.3 Å². The summed E-state index contributed by atoms with van der Waals surface area (Å²) in [6.07, 6.45) is 3.88. The molecular formula is C29H32ClFN8O2S. The summed E-state index contributed by atoms with van der Waals surface area (Å²) in [5.41, 5.74) is 13.0. The number of halogens is 2. The molecule has 13 heteroatoms. The number of benzene rings is 2. The number of likely N-dealkylation sites (tertiary alicyclic amines) is 2. The van der Waals surface area contributed by atoms with Crippen LogP contribution in [0, 0.1) is 11.2 Å². The molecule has 10 nitrogen and oxygen atoms in total. The van der Waals surface area contributed by atoms with Crippen LogP contribution >= 0.6 is 22.9 Å². The van der Waals surface area contributed by atoms with Gasteiger partial charge in [-0.1, -0.05) is 35.1 Å². The van der Waals surface area contributed by atoms with E-state index in [0.29, 0.717) is 60.2 Å². The summed E-state index contributed by atoms with van der Waals surface area (Å²) >= 11 is 8.17. The number of hydrogen-bond donors (Lipinski definition) is 2. The van der Waals surface area contributed by atoms with E-state index in [-0.39, 0.29) is 39.6 Å². The van der Waals surface area contributed by atoms with Crippen LogP contribution in [0.3, 0.4) is 0 Å². The first kappa shape index (κ1) is 27.4. The number of ether oxygens (including phenoxy) is 1. The molecule has 3 aliphatic heterocycles. The molecule has 4 N–H and O–H groups in total. The van der Waals surface area contributed by atoms with Gasteiger partial charge in [-0.25, -0.2) is 14.2 Å². The first-order chi connectivity index (χ1) is 20.2. The number of nitrogens with two attached hydrogens (primary N) is 2. The SMILES string of the molecule is CN1CCCC1COc1nc(N2CCC3(CC2)CN(C(N)=O)C3)c2cc(Cl)c(-c3cccc4sc(N)nc34)c(F)c2n1. The standard InChI is InChI=1S/C29H32ClFN8O2S/c1-37-9-3-4-16(37)13-41-28-35-24-18(25(36-28)38-10-7-29(8-11-38)14-39(15-29)27(33)40)12-19(30)21(22(24)31)17-5-2-6-20-23(17)34-26(32)42-20/h2,5-6,12,16H,3-4,7-11,13-15H2,1H3,(H2,32,34)(H2,33,40). The van der Waals surface area contributed by atoms with Gasteiger partial charge in [0.05, 0.1) is 15.2 Å². The monoisotopic (exact) mass is 610 g/mol. The zero-order valence-corrected chi connectivity index (χ0v) is 24.8. The number of carbonyl (C=O) groups is 1. The molecular weight excluding hydrogens is 579 g/mol. The zero-order chi connectivity index (χ0) is 29.2. The fourth-order valence-electron chi connectivity index (χ4n) is 6.67. The number of primary amides is 1. The van der Waals surface area contributed by atoms with Crippen molar-refractivity contribution in [3.63, 3.8) is 0 Å². The van der Waals surface area contributed by atoms with Crippen molar-refractivity contribution < 1.29 is 13.9 Å². The highest BCUT2D eigenvalue weighted by Gasteiger charge is 2.46. The number of carbonyl (C=O) groups excluding carboxylic acids is 1. The summed E-state index contributed by atoms with van der Waals surface area (Å²) < 4.78 is 23.6. The van der Waals surface area contributed by atoms with Gasteiger partial charge in [-0.3, -0.25) is 0 Å². The molecule has 5 heterocycles. The fourth-order valence-corrected chi connectivity index (χ4v) is 7.72. The summed E-state index contributed by atoms with van der Waals surface area (Å²) in [6, 6.07) is 7.31. The molecule has 1 spiro atoms. The van der Waals surface area contributed by atoms with E-state index in [1.807, 2.05) is 12.1 Å². The lowest BCUT2D eigenvalue weighted by atomic mass is 9.72. The Hall–Kier alpha value is -3.48. The number of nitrogens with zero attached hydrogens (tertiary/aromatic N) is 6. The first-order valence-electron chi connectivity index (χ1n) is 14.2. The van der Waals surface area contributed by atoms with Crippen LogP contribution in [0.2, 0.25) is 5.02 Å². The van der Waals surface area contributed by atoms with E-state index in [1.165, 1.54) is 11.3 Å². The normalized spacial score (nSPS) is 20.5. The van der Waals surface area contributed by atoms with Gasteiger partial charge in [0.15, 0.2) is 10.9 Å². The summed E-state index contributed by atoms with van der Waals surface area (Å²) in [5.74, 6) is 0.0480. The molecule has 0 aliphatic carbocycles. The average molecular weight is 611 g/mol. The molecule has 7 rings (SSSR count). The smallest absolute Gasteiger partial charge is 0.319 e. The summed E-state index contributed by atoms with van der Waals surface area (Å²) in [4.78, 5) is 31.5. The minimum Gasteiger partial charge on any atom is -0.462 e. The van der Waals surface area contributed by atoms with Crippen molar-refractivity contribution in [3.05, 3.63) is 35.1 Å². The average Bonchev–Trinajstić information content (AvgIpc) is 3.54. The van der Waals surface area contributed by atoms with Gasteiger partial charge in [-0.15, -0.1) is 0 Å². The minimum atomic E-state index is -0.548. The van der Waals surface area contributed by atoms with E-state index in [4.69, 9.17) is 32.8 Å². The lowest BCUT2D eigenvalue weighted by molar-refractivity contribution is 0.0143. The quantitative estimate of drug-likeness (QED) is 0.332. The number of anilines is 2. The number of amides is 2. The van der Waals surface area contributed by atoms with Crippen LogP contribution < -0.4 is 21.1 Å². The van der Waals surface area contributed by atoms with Crippen LogP contribution in [0.25, 0.3) is 32.2 Å². The van der Waals surface area contributed by atoms with E-state index < -0.39 is 5.82 Å². The molecule has 3 saturated heterocycles. The van der Waals surface area contributed by atoms with Crippen molar-refractivity contribution in [1.82, 2.24) is 24.8 Å². The summed E-state index contributed by atoms with van der Waals surface area (Å²) in [7, 11) is 2.08. The molecule has 0 saturated carbocycles. The number of fused-ring (bicyclic) bond motifs is 2. The second-order valence-electron chi connectivity index (χ2n) is 11.7. The highest BCUT2D eigenvalue weighted by atomic mass is 35.5. The van der Waals surface area contributed by atoms with Gasteiger partial charge in [-0.2, -0.15) is 9.97 Å². The third kappa shape index (κ3) is 4.65. The van der Waals surface area contributed by atoms with Gasteiger partial charge in [0.25, 0.3) is 0 Å². The molecule has 1 atom stereocenters. The summed E-state index contributed by atoms with van der Waals surface area (Å²) in [5, 5.41) is 1.18. The van der Waals surface area contributed by atoms with Gasteiger partial charge < -0.3 is 30.9 Å². The molecule has 2 aromatic heterocycles. The second-order valence-corrected chi connectivity index (χ2v) is 13.2. The first-order valence-corrected chi connectivity index (χ1v) is 15.4. The lowest BCUT2D eigenvalue weighted by Gasteiger charge is -2.53. The third-order valence-electron chi connectivity index (χ3n) is 9.11. The number of likely N-dealkylation sites (N-methyl/N-ethyl adjacent to an activating group) is 1. The summed E-state index contributed by atoms with van der Waals surface area (Å²) in [6.45, 7) is 4.17. The van der Waals surface area contributed by atoms with Crippen LogP contribution in [-0.2, 0) is 0 Å². The molecule has 0 radical (unpaired) electrons. The number of urea groups is 1. The number of piperidine rings is 1. The lowest BCUT2D eigenvalue weighted by Crippen LogP contribution is -2.63. The van der Waals surface area contributed by atoms with Gasteiger partial charge in [0, 0.05) is 54.1 Å².